The highest BCUT2D eigenvalue weighted by atomic mass is 16.5. The van der Waals surface area contributed by atoms with Crippen molar-refractivity contribution in [2.45, 2.75) is 6.42 Å². The first-order chi connectivity index (χ1) is 11.2. The molecular weight excluding hydrogens is 294 g/mol. The molecule has 114 valence electrons. The van der Waals surface area contributed by atoms with Crippen molar-refractivity contribution in [1.82, 2.24) is 0 Å². The smallest absolute Gasteiger partial charge is 0.315 e. The zero-order chi connectivity index (χ0) is 16.2. The molecule has 23 heavy (non-hydrogen) atoms. The first-order valence-corrected chi connectivity index (χ1v) is 6.95. The molecule has 0 saturated carbocycles. The van der Waals surface area contributed by atoms with Crippen LogP contribution in [0.5, 0.6) is 11.5 Å². The van der Waals surface area contributed by atoms with Gasteiger partial charge in [0.15, 0.2) is 0 Å². The van der Waals surface area contributed by atoms with E-state index in [2.05, 4.69) is 0 Å². The lowest BCUT2D eigenvalue weighted by atomic mass is 10.1. The number of carbonyl (C=O) groups is 1. The van der Waals surface area contributed by atoms with Crippen molar-refractivity contribution in [2.24, 2.45) is 0 Å². The van der Waals surface area contributed by atoms with E-state index in [0.29, 0.717) is 16.9 Å². The quantitative estimate of drug-likeness (QED) is 0.545. The van der Waals surface area contributed by atoms with Gasteiger partial charge in [-0.15, -0.1) is 0 Å². The van der Waals surface area contributed by atoms with Gasteiger partial charge in [0, 0.05) is 17.0 Å². The third-order valence-corrected chi connectivity index (χ3v) is 3.43. The standard InChI is InChI=1S/C18H13NO4/c1-21-14-6-7-15-13(11-22-17(15)9-14)8-18(20)23-16-5-3-2-4-12(16)10-19/h2-7,9,11H,8H2,1H3. The Labute approximate surface area is 132 Å². The number of nitriles is 1. The van der Waals surface area contributed by atoms with E-state index in [1.54, 1.807) is 43.5 Å². The minimum Gasteiger partial charge on any atom is -0.497 e. The predicted octanol–water partition coefficient (Wildman–Crippen LogP) is 3.46. The molecule has 0 aliphatic carbocycles. The Morgan fingerprint density at radius 3 is 2.87 bits per heavy atom. The van der Waals surface area contributed by atoms with Crippen LogP contribution in [0.25, 0.3) is 11.0 Å². The fourth-order valence-corrected chi connectivity index (χ4v) is 2.29. The van der Waals surface area contributed by atoms with Crippen LogP contribution < -0.4 is 9.47 Å². The number of rotatable bonds is 4. The molecule has 1 heterocycles. The summed E-state index contributed by atoms with van der Waals surface area (Å²) in [6.45, 7) is 0. The van der Waals surface area contributed by atoms with Gasteiger partial charge in [-0.2, -0.15) is 5.26 Å². The summed E-state index contributed by atoms with van der Waals surface area (Å²) in [5, 5.41) is 9.84. The van der Waals surface area contributed by atoms with Crippen molar-refractivity contribution in [1.29, 1.82) is 5.26 Å². The van der Waals surface area contributed by atoms with Gasteiger partial charge in [0.1, 0.15) is 23.2 Å². The first-order valence-electron chi connectivity index (χ1n) is 6.95. The maximum atomic E-state index is 12.1. The lowest BCUT2D eigenvalue weighted by Crippen LogP contribution is -2.11. The molecule has 3 rings (SSSR count). The zero-order valence-corrected chi connectivity index (χ0v) is 12.4. The molecule has 0 aliphatic heterocycles. The van der Waals surface area contributed by atoms with E-state index in [1.165, 1.54) is 6.26 Å². The van der Waals surface area contributed by atoms with Crippen molar-refractivity contribution < 1.29 is 18.7 Å². The molecule has 0 bridgehead atoms. The van der Waals surface area contributed by atoms with Gasteiger partial charge >= 0.3 is 5.97 Å². The second kappa shape index (κ2) is 6.24. The Hall–Kier alpha value is -3.26. The minimum absolute atomic E-state index is 0.0547. The van der Waals surface area contributed by atoms with Crippen LogP contribution in [0.3, 0.4) is 0 Å². The highest BCUT2D eigenvalue weighted by molar-refractivity contribution is 5.87. The summed E-state index contributed by atoms with van der Waals surface area (Å²) in [5.74, 6) is 0.490. The molecule has 3 aromatic rings. The Kier molecular flexibility index (Phi) is 3.98. The van der Waals surface area contributed by atoms with Gasteiger partial charge in [-0.25, -0.2) is 0 Å². The third-order valence-electron chi connectivity index (χ3n) is 3.43. The number of benzene rings is 2. The summed E-state index contributed by atoms with van der Waals surface area (Å²) in [5.41, 5.74) is 1.69. The lowest BCUT2D eigenvalue weighted by molar-refractivity contribution is -0.133. The van der Waals surface area contributed by atoms with Crippen LogP contribution in [0, 0.1) is 11.3 Å². The summed E-state index contributed by atoms with van der Waals surface area (Å²) in [4.78, 5) is 12.1. The Bertz CT molecular complexity index is 905. The Balaban J connectivity index is 1.79. The van der Waals surface area contributed by atoms with Crippen molar-refractivity contribution in [2.75, 3.05) is 7.11 Å². The summed E-state index contributed by atoms with van der Waals surface area (Å²) in [6, 6.07) is 14.0. The van der Waals surface area contributed by atoms with E-state index >= 15 is 0 Å². The highest BCUT2D eigenvalue weighted by Crippen LogP contribution is 2.26. The SMILES string of the molecule is COc1ccc2c(CC(=O)Oc3ccccc3C#N)coc2c1. The molecule has 0 fully saturated rings. The number of fused-ring (bicyclic) bond motifs is 1. The second-order valence-corrected chi connectivity index (χ2v) is 4.88. The van der Waals surface area contributed by atoms with Crippen molar-refractivity contribution in [3.8, 4) is 17.6 Å². The molecule has 5 nitrogen and oxygen atoms in total. The number of furan rings is 1. The number of nitrogens with zero attached hydrogens (tertiary/aromatic N) is 1. The van der Waals surface area contributed by atoms with E-state index in [1.807, 2.05) is 12.1 Å². The fourth-order valence-electron chi connectivity index (χ4n) is 2.29. The van der Waals surface area contributed by atoms with Crippen LogP contribution in [-0.2, 0) is 11.2 Å². The number of esters is 1. The molecule has 0 aliphatic rings. The number of methoxy groups -OCH3 is 1. The van der Waals surface area contributed by atoms with Crippen LogP contribution in [0.2, 0.25) is 0 Å². The van der Waals surface area contributed by atoms with E-state index in [0.717, 1.165) is 10.9 Å². The van der Waals surface area contributed by atoms with Crippen molar-refractivity contribution >= 4 is 16.9 Å². The molecule has 0 saturated heterocycles. The van der Waals surface area contributed by atoms with E-state index in [-0.39, 0.29) is 12.2 Å². The van der Waals surface area contributed by atoms with Crippen molar-refractivity contribution in [3.05, 3.63) is 59.9 Å². The molecule has 0 spiro atoms. The highest BCUT2D eigenvalue weighted by Gasteiger charge is 2.14. The lowest BCUT2D eigenvalue weighted by Gasteiger charge is -2.05. The molecule has 2 aromatic carbocycles. The van der Waals surface area contributed by atoms with Gasteiger partial charge in [0.2, 0.25) is 0 Å². The largest absolute Gasteiger partial charge is 0.497 e. The van der Waals surface area contributed by atoms with Crippen LogP contribution in [-0.4, -0.2) is 13.1 Å². The fraction of sp³-hybridized carbons (Fsp3) is 0.111. The predicted molar refractivity (Wildman–Crippen MR) is 83.3 cm³/mol. The number of para-hydroxylation sites is 1. The second-order valence-electron chi connectivity index (χ2n) is 4.88. The first kappa shape index (κ1) is 14.7. The maximum absolute atomic E-state index is 12.1. The molecule has 0 unspecified atom stereocenters. The van der Waals surface area contributed by atoms with Gasteiger partial charge in [-0.3, -0.25) is 4.79 Å². The van der Waals surface area contributed by atoms with Crippen LogP contribution in [0.15, 0.2) is 53.1 Å². The Morgan fingerprint density at radius 1 is 1.26 bits per heavy atom. The van der Waals surface area contributed by atoms with Gasteiger partial charge in [0.05, 0.1) is 25.4 Å². The summed E-state index contributed by atoms with van der Waals surface area (Å²) >= 11 is 0. The van der Waals surface area contributed by atoms with Gasteiger partial charge in [-0.1, -0.05) is 12.1 Å². The van der Waals surface area contributed by atoms with E-state index in [9.17, 15) is 4.79 Å². The van der Waals surface area contributed by atoms with Crippen LogP contribution in [0.1, 0.15) is 11.1 Å². The summed E-state index contributed by atoms with van der Waals surface area (Å²) in [6.07, 6.45) is 1.58. The third kappa shape index (κ3) is 3.01. The number of ether oxygens (including phenoxy) is 2. The molecule has 0 N–H and O–H groups in total. The minimum atomic E-state index is -0.453. The van der Waals surface area contributed by atoms with Gasteiger partial charge in [0.25, 0.3) is 0 Å². The molecular formula is C18H13NO4. The normalized spacial score (nSPS) is 10.3. The molecule has 0 atom stereocenters. The van der Waals surface area contributed by atoms with Crippen LogP contribution >= 0.6 is 0 Å². The monoisotopic (exact) mass is 307 g/mol. The topological polar surface area (TPSA) is 72.5 Å². The molecule has 0 amide bonds. The number of carbonyl (C=O) groups excluding carboxylic acids is 1. The zero-order valence-electron chi connectivity index (χ0n) is 12.4. The van der Waals surface area contributed by atoms with E-state index in [4.69, 9.17) is 19.2 Å². The van der Waals surface area contributed by atoms with E-state index < -0.39 is 5.97 Å². The summed E-state index contributed by atoms with van der Waals surface area (Å²) < 4.78 is 15.9. The van der Waals surface area contributed by atoms with Gasteiger partial charge < -0.3 is 13.9 Å². The molecule has 5 heteroatoms. The van der Waals surface area contributed by atoms with Gasteiger partial charge in [-0.05, 0) is 24.3 Å². The maximum Gasteiger partial charge on any atom is 0.315 e. The molecule has 1 aromatic heterocycles. The number of hydrogen-bond donors (Lipinski definition) is 0. The average molecular weight is 307 g/mol. The average Bonchev–Trinajstić information content (AvgIpc) is 2.97. The van der Waals surface area contributed by atoms with Crippen molar-refractivity contribution in [3.63, 3.8) is 0 Å². The summed E-state index contributed by atoms with van der Waals surface area (Å²) in [7, 11) is 1.58. The molecule has 0 radical (unpaired) electrons. The number of hydrogen-bond acceptors (Lipinski definition) is 5. The Morgan fingerprint density at radius 2 is 2.09 bits per heavy atom. The van der Waals surface area contributed by atoms with Crippen LogP contribution in [0.4, 0.5) is 0 Å².